The molecule has 162 valence electrons. The van der Waals surface area contributed by atoms with Crippen LogP contribution in [-0.4, -0.2) is 55.9 Å². The number of amides is 1. The van der Waals surface area contributed by atoms with Gasteiger partial charge < -0.3 is 14.4 Å². The molecule has 1 aromatic rings. The molecule has 1 saturated carbocycles. The lowest BCUT2D eigenvalue weighted by Gasteiger charge is -2.33. The van der Waals surface area contributed by atoms with Crippen molar-refractivity contribution in [1.29, 1.82) is 0 Å². The Labute approximate surface area is 173 Å². The summed E-state index contributed by atoms with van der Waals surface area (Å²) in [6.45, 7) is 8.30. The minimum Gasteiger partial charge on any atom is -0.444 e. The molecule has 3 rings (SSSR count). The number of aromatic nitrogens is 1. The fraction of sp³-hybridized carbons (Fsp3) is 0.714. The topological polar surface area (TPSA) is 85.8 Å². The molecule has 29 heavy (non-hydrogen) atoms. The van der Waals surface area contributed by atoms with Crippen molar-refractivity contribution in [2.45, 2.75) is 57.1 Å². The van der Waals surface area contributed by atoms with Crippen LogP contribution in [0.2, 0.25) is 0 Å². The molecule has 0 bridgehead atoms. The quantitative estimate of drug-likeness (QED) is 0.697. The molecular weight excluding hydrogens is 392 g/mol. The Morgan fingerprint density at radius 1 is 1.24 bits per heavy atom. The van der Waals surface area contributed by atoms with Gasteiger partial charge in [0.05, 0.1) is 23.8 Å². The SMILES string of the molecule is CC(C)(C)OC(=O)N1CCC([C@H]2C[C@H]2COCc2ccc(S(C)(=O)=O)cn2)CC1. The van der Waals surface area contributed by atoms with Crippen molar-refractivity contribution in [2.75, 3.05) is 26.0 Å². The van der Waals surface area contributed by atoms with E-state index in [0.717, 1.165) is 31.6 Å². The molecule has 1 saturated heterocycles. The molecule has 7 nitrogen and oxygen atoms in total. The summed E-state index contributed by atoms with van der Waals surface area (Å²) in [4.78, 5) is 18.4. The van der Waals surface area contributed by atoms with Crippen LogP contribution in [0.3, 0.4) is 0 Å². The molecule has 0 N–H and O–H groups in total. The van der Waals surface area contributed by atoms with Gasteiger partial charge in [0, 0.05) is 25.5 Å². The van der Waals surface area contributed by atoms with Crippen molar-refractivity contribution in [1.82, 2.24) is 9.88 Å². The van der Waals surface area contributed by atoms with Crippen LogP contribution >= 0.6 is 0 Å². The van der Waals surface area contributed by atoms with Crippen LogP contribution in [0, 0.1) is 17.8 Å². The van der Waals surface area contributed by atoms with E-state index >= 15 is 0 Å². The van der Waals surface area contributed by atoms with Gasteiger partial charge in [-0.15, -0.1) is 0 Å². The van der Waals surface area contributed by atoms with E-state index < -0.39 is 15.4 Å². The largest absolute Gasteiger partial charge is 0.444 e. The summed E-state index contributed by atoms with van der Waals surface area (Å²) in [7, 11) is -3.22. The molecular formula is C21H32N2O5S. The Bertz CT molecular complexity index is 808. The van der Waals surface area contributed by atoms with E-state index in [1.54, 1.807) is 12.1 Å². The van der Waals surface area contributed by atoms with Crippen molar-refractivity contribution in [3.8, 4) is 0 Å². The van der Waals surface area contributed by atoms with Gasteiger partial charge in [-0.1, -0.05) is 0 Å². The summed E-state index contributed by atoms with van der Waals surface area (Å²) in [6, 6.07) is 3.27. The van der Waals surface area contributed by atoms with E-state index in [2.05, 4.69) is 4.98 Å². The third kappa shape index (κ3) is 6.40. The zero-order chi connectivity index (χ0) is 21.2. The number of hydrogen-bond donors (Lipinski definition) is 0. The fourth-order valence-electron chi connectivity index (χ4n) is 3.91. The summed E-state index contributed by atoms with van der Waals surface area (Å²) in [5.41, 5.74) is 0.285. The maximum atomic E-state index is 12.2. The van der Waals surface area contributed by atoms with Gasteiger partial charge in [-0.25, -0.2) is 13.2 Å². The lowest BCUT2D eigenvalue weighted by molar-refractivity contribution is 0.0170. The number of hydrogen-bond acceptors (Lipinski definition) is 6. The predicted octanol–water partition coefficient (Wildman–Crippen LogP) is 3.28. The number of carbonyl (C=O) groups excluding carboxylic acids is 1. The normalized spacial score (nSPS) is 23.1. The first-order valence-electron chi connectivity index (χ1n) is 10.2. The Balaban J connectivity index is 1.35. The van der Waals surface area contributed by atoms with Gasteiger partial charge in [-0.3, -0.25) is 4.98 Å². The number of pyridine rings is 1. The molecule has 0 spiro atoms. The number of ether oxygens (including phenoxy) is 2. The molecule has 2 heterocycles. The molecule has 8 heteroatoms. The Morgan fingerprint density at radius 3 is 2.48 bits per heavy atom. The maximum Gasteiger partial charge on any atom is 0.410 e. The van der Waals surface area contributed by atoms with Gasteiger partial charge >= 0.3 is 6.09 Å². The second-order valence-electron chi connectivity index (χ2n) is 9.24. The zero-order valence-corrected chi connectivity index (χ0v) is 18.6. The number of carbonyl (C=O) groups is 1. The minimum absolute atomic E-state index is 0.207. The van der Waals surface area contributed by atoms with Gasteiger partial charge in [0.25, 0.3) is 0 Å². The first-order chi connectivity index (χ1) is 13.5. The highest BCUT2D eigenvalue weighted by Crippen LogP contribution is 2.48. The van der Waals surface area contributed by atoms with E-state index in [-0.39, 0.29) is 11.0 Å². The average molecular weight is 425 g/mol. The van der Waals surface area contributed by atoms with Crippen molar-refractivity contribution in [2.24, 2.45) is 17.8 Å². The average Bonchev–Trinajstić information content (AvgIpc) is 3.40. The standard InChI is InChI=1S/C21H32N2O5S/c1-21(2,3)28-20(24)23-9-7-15(8-10-23)19-11-16(19)13-27-14-17-5-6-18(12-22-17)29(4,25)26/h5-6,12,15-16,19H,7-11,13-14H2,1-4H3/t16-,19+/m0/s1. The van der Waals surface area contributed by atoms with E-state index in [0.29, 0.717) is 31.0 Å². The fourth-order valence-corrected chi connectivity index (χ4v) is 4.47. The van der Waals surface area contributed by atoms with Gasteiger partial charge in [0.2, 0.25) is 0 Å². The first-order valence-corrected chi connectivity index (χ1v) is 12.1. The van der Waals surface area contributed by atoms with Crippen molar-refractivity contribution in [3.05, 3.63) is 24.0 Å². The third-order valence-corrected chi connectivity index (χ3v) is 6.68. The van der Waals surface area contributed by atoms with Crippen LogP contribution in [0.4, 0.5) is 4.79 Å². The van der Waals surface area contributed by atoms with E-state index in [9.17, 15) is 13.2 Å². The highest BCUT2D eigenvalue weighted by molar-refractivity contribution is 7.90. The highest BCUT2D eigenvalue weighted by atomic mass is 32.2. The second kappa shape index (κ2) is 8.60. The molecule has 2 atom stereocenters. The molecule has 1 aliphatic carbocycles. The van der Waals surface area contributed by atoms with Gasteiger partial charge in [-0.2, -0.15) is 0 Å². The summed E-state index contributed by atoms with van der Waals surface area (Å²) in [5.74, 6) is 1.90. The summed E-state index contributed by atoms with van der Waals surface area (Å²) in [5, 5.41) is 0. The van der Waals surface area contributed by atoms with E-state index in [1.807, 2.05) is 25.7 Å². The van der Waals surface area contributed by atoms with Crippen LogP contribution in [0.25, 0.3) is 0 Å². The van der Waals surface area contributed by atoms with E-state index in [4.69, 9.17) is 9.47 Å². The van der Waals surface area contributed by atoms with Crippen LogP contribution < -0.4 is 0 Å². The lowest BCUT2D eigenvalue weighted by Crippen LogP contribution is -2.42. The summed E-state index contributed by atoms with van der Waals surface area (Å²) >= 11 is 0. The van der Waals surface area contributed by atoms with Gasteiger partial charge in [0.1, 0.15) is 5.60 Å². The molecule has 1 amide bonds. The molecule has 0 unspecified atom stereocenters. The van der Waals surface area contributed by atoms with Crippen LogP contribution in [0.15, 0.2) is 23.2 Å². The zero-order valence-electron chi connectivity index (χ0n) is 17.8. The number of rotatable bonds is 6. The van der Waals surface area contributed by atoms with Gasteiger partial charge in [-0.05, 0) is 69.9 Å². The number of nitrogens with zero attached hydrogens (tertiary/aromatic N) is 2. The van der Waals surface area contributed by atoms with Gasteiger partial charge in [0.15, 0.2) is 9.84 Å². The molecule has 0 aromatic carbocycles. The number of likely N-dealkylation sites (tertiary alicyclic amines) is 1. The molecule has 2 aliphatic rings. The number of sulfone groups is 1. The minimum atomic E-state index is -3.22. The Kier molecular flexibility index (Phi) is 6.53. The van der Waals surface area contributed by atoms with Crippen molar-refractivity contribution >= 4 is 15.9 Å². The lowest BCUT2D eigenvalue weighted by atomic mass is 9.91. The summed E-state index contributed by atoms with van der Waals surface area (Å²) in [6.07, 6.45) is 5.57. The second-order valence-corrected chi connectivity index (χ2v) is 11.3. The van der Waals surface area contributed by atoms with Crippen LogP contribution in [0.1, 0.15) is 45.7 Å². The van der Waals surface area contributed by atoms with Crippen LogP contribution in [-0.2, 0) is 25.9 Å². The molecule has 0 radical (unpaired) electrons. The highest BCUT2D eigenvalue weighted by Gasteiger charge is 2.44. The van der Waals surface area contributed by atoms with Crippen molar-refractivity contribution in [3.63, 3.8) is 0 Å². The monoisotopic (exact) mass is 424 g/mol. The summed E-state index contributed by atoms with van der Waals surface area (Å²) < 4.78 is 34.2. The molecule has 1 aliphatic heterocycles. The van der Waals surface area contributed by atoms with E-state index in [1.165, 1.54) is 18.9 Å². The Hall–Kier alpha value is -1.67. The van der Waals surface area contributed by atoms with Crippen molar-refractivity contribution < 1.29 is 22.7 Å². The smallest absolute Gasteiger partial charge is 0.410 e. The Morgan fingerprint density at radius 2 is 1.93 bits per heavy atom. The van der Waals surface area contributed by atoms with Crippen LogP contribution in [0.5, 0.6) is 0 Å². The predicted molar refractivity (Wildman–Crippen MR) is 109 cm³/mol. The molecule has 2 fully saturated rings. The maximum absolute atomic E-state index is 12.2. The molecule has 1 aromatic heterocycles. The number of piperidine rings is 1. The third-order valence-electron chi connectivity index (χ3n) is 5.58. The first kappa shape index (κ1) is 22.0.